The van der Waals surface area contributed by atoms with Crippen molar-refractivity contribution in [3.63, 3.8) is 0 Å². The monoisotopic (exact) mass is 574 g/mol. The van der Waals surface area contributed by atoms with Gasteiger partial charge in [-0.2, -0.15) is 0 Å². The van der Waals surface area contributed by atoms with E-state index in [-0.39, 0.29) is 41.6 Å². The number of aliphatic imine (C=N–C) groups is 1. The predicted octanol–water partition coefficient (Wildman–Crippen LogP) is 4.43. The number of carbonyl (C=O) groups is 1. The Balaban J connectivity index is 0.00000300. The van der Waals surface area contributed by atoms with Gasteiger partial charge in [-0.15, -0.1) is 24.0 Å². The Hall–Kier alpha value is -1.68. The third-order valence-electron chi connectivity index (χ3n) is 4.61. The normalized spacial score (nSPS) is 15.8. The van der Waals surface area contributed by atoms with E-state index in [1.807, 2.05) is 31.2 Å². The lowest BCUT2D eigenvalue weighted by atomic mass is 9.91. The first-order valence-electron chi connectivity index (χ1n) is 9.41. The molecule has 0 saturated heterocycles. The van der Waals surface area contributed by atoms with E-state index in [9.17, 15) is 9.18 Å². The number of amides is 1. The van der Waals surface area contributed by atoms with E-state index < -0.39 is 0 Å². The highest BCUT2D eigenvalue weighted by Crippen LogP contribution is 2.31. The molecule has 3 rings (SSSR count). The summed E-state index contributed by atoms with van der Waals surface area (Å²) in [5, 5.41) is 9.45. The molecule has 1 atom stereocenters. The van der Waals surface area contributed by atoms with Crippen LogP contribution >= 0.6 is 39.9 Å². The summed E-state index contributed by atoms with van der Waals surface area (Å²) in [4.78, 5) is 16.6. The number of benzene rings is 2. The Labute approximate surface area is 196 Å². The molecule has 156 valence electrons. The summed E-state index contributed by atoms with van der Waals surface area (Å²) in [6, 6.07) is 12.9. The van der Waals surface area contributed by atoms with E-state index in [4.69, 9.17) is 0 Å². The number of nitrogens with zero attached hydrogens (tertiary/aromatic N) is 1. The summed E-state index contributed by atoms with van der Waals surface area (Å²) in [7, 11) is 0. The van der Waals surface area contributed by atoms with Crippen LogP contribution in [-0.2, 0) is 11.2 Å². The van der Waals surface area contributed by atoms with Crippen LogP contribution < -0.4 is 16.0 Å². The van der Waals surface area contributed by atoms with Gasteiger partial charge in [0.15, 0.2) is 5.96 Å². The van der Waals surface area contributed by atoms with Gasteiger partial charge in [-0.3, -0.25) is 9.79 Å². The maximum atomic E-state index is 13.3. The molecule has 2 aromatic carbocycles. The topological polar surface area (TPSA) is 65.5 Å². The van der Waals surface area contributed by atoms with Crippen molar-refractivity contribution in [3.05, 3.63) is 63.9 Å². The van der Waals surface area contributed by atoms with Gasteiger partial charge in [-0.1, -0.05) is 24.3 Å². The van der Waals surface area contributed by atoms with Crippen molar-refractivity contribution in [1.82, 2.24) is 10.6 Å². The number of carbonyl (C=O) groups excluding carboxylic acids is 1. The highest BCUT2D eigenvalue weighted by Gasteiger charge is 2.24. The standard InChI is InChI=1S/C21H24BrFN4O.HI/c1-2-24-21(25-10-9-14-7-8-18(23)17(22)11-14)26-13-15-12-20(28)27-19-6-4-3-5-16(15)19;/h3-8,11,15H,2,9-10,12-13H2,1H3,(H,27,28)(H2,24,25,26);1H. The molecule has 1 aliphatic heterocycles. The van der Waals surface area contributed by atoms with E-state index in [1.54, 1.807) is 12.1 Å². The van der Waals surface area contributed by atoms with E-state index in [2.05, 4.69) is 36.9 Å². The second-order valence-electron chi connectivity index (χ2n) is 6.68. The average molecular weight is 575 g/mol. The van der Waals surface area contributed by atoms with Gasteiger partial charge in [0, 0.05) is 31.1 Å². The largest absolute Gasteiger partial charge is 0.357 e. The quantitative estimate of drug-likeness (QED) is 0.272. The minimum atomic E-state index is -0.261. The molecule has 0 bridgehead atoms. The number of para-hydroxylation sites is 1. The van der Waals surface area contributed by atoms with E-state index in [1.165, 1.54) is 6.07 Å². The zero-order valence-electron chi connectivity index (χ0n) is 16.2. The lowest BCUT2D eigenvalue weighted by Crippen LogP contribution is -2.38. The SMILES string of the molecule is CCNC(=NCC1CC(=O)Nc2ccccc21)NCCc1ccc(F)c(Br)c1.I. The van der Waals surface area contributed by atoms with Crippen LogP contribution in [0.3, 0.4) is 0 Å². The van der Waals surface area contributed by atoms with Crippen LogP contribution in [0.2, 0.25) is 0 Å². The summed E-state index contributed by atoms with van der Waals surface area (Å²) in [6.45, 7) is 3.96. The number of hydrogen-bond donors (Lipinski definition) is 3. The minimum Gasteiger partial charge on any atom is -0.357 e. The van der Waals surface area contributed by atoms with Crippen molar-refractivity contribution in [2.45, 2.75) is 25.7 Å². The third kappa shape index (κ3) is 6.67. The summed E-state index contributed by atoms with van der Waals surface area (Å²) in [5.41, 5.74) is 3.03. The Kier molecular flexibility index (Phi) is 9.35. The first-order valence-corrected chi connectivity index (χ1v) is 10.2. The van der Waals surface area contributed by atoms with Crippen LogP contribution in [0, 0.1) is 5.82 Å². The summed E-state index contributed by atoms with van der Waals surface area (Å²) in [5.74, 6) is 0.544. The van der Waals surface area contributed by atoms with Crippen molar-refractivity contribution >= 4 is 57.5 Å². The zero-order chi connectivity index (χ0) is 19.9. The molecule has 29 heavy (non-hydrogen) atoms. The summed E-state index contributed by atoms with van der Waals surface area (Å²) >= 11 is 3.21. The van der Waals surface area contributed by atoms with Gasteiger partial charge < -0.3 is 16.0 Å². The van der Waals surface area contributed by atoms with Gasteiger partial charge in [0.05, 0.1) is 11.0 Å². The van der Waals surface area contributed by atoms with Crippen molar-refractivity contribution in [3.8, 4) is 0 Å². The lowest BCUT2D eigenvalue weighted by Gasteiger charge is -2.24. The van der Waals surface area contributed by atoms with Crippen LogP contribution in [0.4, 0.5) is 10.1 Å². The smallest absolute Gasteiger partial charge is 0.225 e. The van der Waals surface area contributed by atoms with E-state index in [0.717, 1.165) is 29.8 Å². The first-order chi connectivity index (χ1) is 13.6. The van der Waals surface area contributed by atoms with Crippen LogP contribution in [0.25, 0.3) is 0 Å². The second-order valence-corrected chi connectivity index (χ2v) is 7.54. The van der Waals surface area contributed by atoms with Gasteiger partial charge in [-0.05, 0) is 58.6 Å². The number of anilines is 1. The van der Waals surface area contributed by atoms with Gasteiger partial charge in [0.25, 0.3) is 0 Å². The maximum absolute atomic E-state index is 13.3. The molecule has 1 unspecified atom stereocenters. The Bertz CT molecular complexity index is 878. The molecular weight excluding hydrogens is 550 g/mol. The number of halogens is 3. The van der Waals surface area contributed by atoms with Gasteiger partial charge in [0.1, 0.15) is 5.82 Å². The summed E-state index contributed by atoms with van der Waals surface area (Å²) < 4.78 is 13.8. The molecule has 0 radical (unpaired) electrons. The fourth-order valence-corrected chi connectivity index (χ4v) is 3.65. The zero-order valence-corrected chi connectivity index (χ0v) is 20.1. The van der Waals surface area contributed by atoms with Crippen LogP contribution in [0.15, 0.2) is 51.9 Å². The molecule has 5 nitrogen and oxygen atoms in total. The summed E-state index contributed by atoms with van der Waals surface area (Å²) in [6.07, 6.45) is 1.18. The van der Waals surface area contributed by atoms with Crippen molar-refractivity contribution in [2.75, 3.05) is 25.0 Å². The average Bonchev–Trinajstić information content (AvgIpc) is 2.68. The highest BCUT2D eigenvalue weighted by atomic mass is 127. The molecule has 1 aliphatic rings. The molecule has 0 aliphatic carbocycles. The molecule has 2 aromatic rings. The Morgan fingerprint density at radius 1 is 1.28 bits per heavy atom. The highest BCUT2D eigenvalue weighted by molar-refractivity contribution is 14.0. The van der Waals surface area contributed by atoms with Gasteiger partial charge in [-0.25, -0.2) is 4.39 Å². The van der Waals surface area contributed by atoms with Crippen molar-refractivity contribution in [2.24, 2.45) is 4.99 Å². The van der Waals surface area contributed by atoms with Crippen LogP contribution in [-0.4, -0.2) is 31.5 Å². The van der Waals surface area contributed by atoms with Crippen molar-refractivity contribution in [1.29, 1.82) is 0 Å². The predicted molar refractivity (Wildman–Crippen MR) is 130 cm³/mol. The molecule has 0 saturated carbocycles. The number of guanidine groups is 1. The van der Waals surface area contributed by atoms with E-state index in [0.29, 0.717) is 29.9 Å². The number of nitrogens with one attached hydrogen (secondary N) is 3. The van der Waals surface area contributed by atoms with Crippen molar-refractivity contribution < 1.29 is 9.18 Å². The molecular formula is C21H25BrFIN4O. The number of hydrogen-bond acceptors (Lipinski definition) is 2. The van der Waals surface area contributed by atoms with Gasteiger partial charge in [0.2, 0.25) is 5.91 Å². The van der Waals surface area contributed by atoms with E-state index >= 15 is 0 Å². The Morgan fingerprint density at radius 3 is 2.83 bits per heavy atom. The fourth-order valence-electron chi connectivity index (χ4n) is 3.23. The van der Waals surface area contributed by atoms with Crippen LogP contribution in [0.5, 0.6) is 0 Å². The Morgan fingerprint density at radius 2 is 2.07 bits per heavy atom. The van der Waals surface area contributed by atoms with Gasteiger partial charge >= 0.3 is 0 Å². The number of fused-ring (bicyclic) bond motifs is 1. The molecule has 1 amide bonds. The molecule has 8 heteroatoms. The number of rotatable bonds is 6. The molecule has 3 N–H and O–H groups in total. The molecule has 0 spiro atoms. The minimum absolute atomic E-state index is 0. The molecule has 0 fully saturated rings. The molecule has 0 aromatic heterocycles. The first kappa shape index (κ1) is 23.6. The van der Waals surface area contributed by atoms with Crippen LogP contribution in [0.1, 0.15) is 30.4 Å². The molecule has 1 heterocycles. The second kappa shape index (κ2) is 11.5. The third-order valence-corrected chi connectivity index (χ3v) is 5.22. The lowest BCUT2D eigenvalue weighted by molar-refractivity contribution is -0.116. The fraction of sp³-hybridized carbons (Fsp3) is 0.333. The maximum Gasteiger partial charge on any atom is 0.225 e.